The number of fused-ring (bicyclic) bond motifs is 1. The maximum atomic E-state index is 12.8. The van der Waals surface area contributed by atoms with Gasteiger partial charge in [-0.25, -0.2) is 10.1 Å². The molecule has 0 aliphatic rings. The van der Waals surface area contributed by atoms with Gasteiger partial charge in [0.1, 0.15) is 0 Å². The molecule has 0 saturated carbocycles. The van der Waals surface area contributed by atoms with Crippen LogP contribution in [0.3, 0.4) is 0 Å². The maximum absolute atomic E-state index is 12.8. The number of amides is 1. The van der Waals surface area contributed by atoms with Gasteiger partial charge < -0.3 is 9.47 Å². The van der Waals surface area contributed by atoms with Crippen LogP contribution in [0.5, 0.6) is 11.5 Å². The summed E-state index contributed by atoms with van der Waals surface area (Å²) < 4.78 is 11.8. The van der Waals surface area contributed by atoms with Crippen LogP contribution in [0, 0.1) is 0 Å². The van der Waals surface area contributed by atoms with Gasteiger partial charge in [0.15, 0.2) is 17.2 Å². The summed E-state index contributed by atoms with van der Waals surface area (Å²) in [5, 5.41) is 9.27. The van der Waals surface area contributed by atoms with E-state index in [1.54, 1.807) is 56.7 Å². The Hall–Kier alpha value is -3.68. The third kappa shape index (κ3) is 4.48. The van der Waals surface area contributed by atoms with Crippen molar-refractivity contribution in [2.45, 2.75) is 26.3 Å². The van der Waals surface area contributed by atoms with Crippen molar-refractivity contribution >= 4 is 22.9 Å². The fourth-order valence-corrected chi connectivity index (χ4v) is 3.01. The van der Waals surface area contributed by atoms with Crippen LogP contribution in [0.4, 0.5) is 0 Å². The molecule has 1 heterocycles. The molecular weight excluding hydrogens is 384 g/mol. The lowest BCUT2D eigenvalue weighted by atomic mass is 10.1. The molecule has 8 nitrogen and oxygen atoms in total. The molecule has 0 atom stereocenters. The number of carbonyl (C=O) groups excluding carboxylic acids is 1. The highest BCUT2D eigenvalue weighted by molar-refractivity contribution is 6.04. The van der Waals surface area contributed by atoms with Crippen LogP contribution in [-0.4, -0.2) is 36.1 Å². The van der Waals surface area contributed by atoms with Crippen molar-refractivity contribution in [1.29, 1.82) is 0 Å². The monoisotopic (exact) mass is 408 g/mol. The molecule has 0 spiro atoms. The number of hydrazone groups is 1. The molecule has 30 heavy (non-hydrogen) atoms. The Kier molecular flexibility index (Phi) is 6.79. The second kappa shape index (κ2) is 9.69. The van der Waals surface area contributed by atoms with Crippen molar-refractivity contribution in [3.05, 3.63) is 64.1 Å². The quantitative estimate of drug-likeness (QED) is 0.457. The van der Waals surface area contributed by atoms with Crippen LogP contribution in [0.15, 0.2) is 52.4 Å². The molecule has 3 rings (SSSR count). The first-order chi connectivity index (χ1) is 14.6. The number of nitrogens with one attached hydrogen (secondary N) is 1. The normalized spacial score (nSPS) is 11.0. The van der Waals surface area contributed by atoms with E-state index in [1.807, 2.05) is 6.92 Å². The van der Waals surface area contributed by atoms with E-state index in [4.69, 9.17) is 9.47 Å². The molecule has 0 unspecified atom stereocenters. The summed E-state index contributed by atoms with van der Waals surface area (Å²) in [6, 6.07) is 12.2. The zero-order valence-corrected chi connectivity index (χ0v) is 17.2. The number of benzene rings is 2. The number of hydrogen-bond acceptors (Lipinski definition) is 6. The lowest BCUT2D eigenvalue weighted by molar-refractivity contribution is 0.0949. The van der Waals surface area contributed by atoms with Gasteiger partial charge in [-0.2, -0.15) is 10.2 Å². The second-order valence-corrected chi connectivity index (χ2v) is 6.59. The molecule has 1 amide bonds. The summed E-state index contributed by atoms with van der Waals surface area (Å²) in [7, 11) is 3.11. The Morgan fingerprint density at radius 3 is 2.57 bits per heavy atom. The van der Waals surface area contributed by atoms with Crippen molar-refractivity contribution in [1.82, 2.24) is 15.2 Å². The van der Waals surface area contributed by atoms with Gasteiger partial charge in [-0.3, -0.25) is 9.59 Å². The molecule has 0 aliphatic heterocycles. The van der Waals surface area contributed by atoms with E-state index in [-0.39, 0.29) is 11.3 Å². The fourth-order valence-electron chi connectivity index (χ4n) is 3.01. The lowest BCUT2D eigenvalue weighted by Crippen LogP contribution is -2.29. The van der Waals surface area contributed by atoms with E-state index in [0.29, 0.717) is 28.8 Å². The molecule has 0 radical (unpaired) electrons. The van der Waals surface area contributed by atoms with E-state index >= 15 is 0 Å². The molecule has 8 heteroatoms. The lowest BCUT2D eigenvalue weighted by Gasteiger charge is -2.10. The Bertz CT molecular complexity index is 1140. The number of aromatic nitrogens is 2. The van der Waals surface area contributed by atoms with Crippen LogP contribution in [0.2, 0.25) is 0 Å². The van der Waals surface area contributed by atoms with E-state index in [2.05, 4.69) is 15.6 Å². The minimum absolute atomic E-state index is 0.158. The number of rotatable bonds is 8. The third-order valence-electron chi connectivity index (χ3n) is 4.59. The van der Waals surface area contributed by atoms with E-state index in [1.165, 1.54) is 10.9 Å². The van der Waals surface area contributed by atoms with Crippen molar-refractivity contribution < 1.29 is 14.3 Å². The maximum Gasteiger partial charge on any atom is 0.292 e. The van der Waals surface area contributed by atoms with E-state index in [0.717, 1.165) is 18.4 Å². The van der Waals surface area contributed by atoms with Gasteiger partial charge in [0.05, 0.1) is 25.8 Å². The van der Waals surface area contributed by atoms with Gasteiger partial charge in [0.25, 0.3) is 11.5 Å². The first kappa shape index (κ1) is 21.0. The first-order valence-corrected chi connectivity index (χ1v) is 9.64. The fraction of sp³-hybridized carbons (Fsp3) is 0.273. The van der Waals surface area contributed by atoms with Crippen LogP contribution >= 0.6 is 0 Å². The number of hydrogen-bond donors (Lipinski definition) is 1. The second-order valence-electron chi connectivity index (χ2n) is 6.59. The average Bonchev–Trinajstić information content (AvgIpc) is 2.78. The van der Waals surface area contributed by atoms with Crippen LogP contribution in [-0.2, 0) is 6.54 Å². The van der Waals surface area contributed by atoms with Crippen LogP contribution in [0.1, 0.15) is 35.8 Å². The molecule has 1 N–H and O–H groups in total. The summed E-state index contributed by atoms with van der Waals surface area (Å²) in [6.45, 7) is 2.48. The number of ether oxygens (including phenoxy) is 2. The Labute approximate surface area is 174 Å². The Morgan fingerprint density at radius 1 is 1.13 bits per heavy atom. The number of unbranched alkanes of at least 4 members (excludes halogenated alkanes) is 1. The highest BCUT2D eigenvalue weighted by Gasteiger charge is 2.16. The molecule has 0 bridgehead atoms. The SMILES string of the molecule is CCCCn1nc(C(=O)NN=Cc2ccc(OC)c(OC)c2)c2ccccc2c1=O. The molecule has 2 aromatic carbocycles. The molecule has 0 aliphatic carbocycles. The number of methoxy groups -OCH3 is 2. The van der Waals surface area contributed by atoms with Gasteiger partial charge in [-0.05, 0) is 36.2 Å². The average molecular weight is 408 g/mol. The first-order valence-electron chi connectivity index (χ1n) is 9.64. The van der Waals surface area contributed by atoms with Gasteiger partial charge in [0.2, 0.25) is 0 Å². The van der Waals surface area contributed by atoms with E-state index in [9.17, 15) is 9.59 Å². The number of nitrogens with zero attached hydrogens (tertiary/aromatic N) is 3. The number of aryl methyl sites for hydroxylation is 1. The summed E-state index contributed by atoms with van der Waals surface area (Å²) in [5.74, 6) is 0.667. The van der Waals surface area contributed by atoms with Crippen molar-refractivity contribution in [2.75, 3.05) is 14.2 Å². The minimum Gasteiger partial charge on any atom is -0.493 e. The topological polar surface area (TPSA) is 94.8 Å². The summed E-state index contributed by atoms with van der Waals surface area (Å²) in [5.41, 5.74) is 3.16. The summed E-state index contributed by atoms with van der Waals surface area (Å²) in [6.07, 6.45) is 3.21. The minimum atomic E-state index is -0.492. The van der Waals surface area contributed by atoms with Crippen LogP contribution in [0.25, 0.3) is 10.8 Å². The Morgan fingerprint density at radius 2 is 1.87 bits per heavy atom. The zero-order chi connectivity index (χ0) is 21.5. The summed E-state index contributed by atoms with van der Waals surface area (Å²) in [4.78, 5) is 25.4. The number of carbonyl (C=O) groups is 1. The molecular formula is C22H24N4O4. The molecule has 156 valence electrons. The van der Waals surface area contributed by atoms with Gasteiger partial charge >= 0.3 is 0 Å². The summed E-state index contributed by atoms with van der Waals surface area (Å²) >= 11 is 0. The van der Waals surface area contributed by atoms with Gasteiger partial charge in [-0.15, -0.1) is 0 Å². The smallest absolute Gasteiger partial charge is 0.292 e. The molecule has 0 fully saturated rings. The van der Waals surface area contributed by atoms with Crippen molar-refractivity contribution in [3.63, 3.8) is 0 Å². The van der Waals surface area contributed by atoms with Gasteiger partial charge in [0, 0.05) is 11.9 Å². The van der Waals surface area contributed by atoms with Crippen LogP contribution < -0.4 is 20.5 Å². The molecule has 3 aromatic rings. The highest BCUT2D eigenvalue weighted by atomic mass is 16.5. The van der Waals surface area contributed by atoms with Crippen molar-refractivity contribution in [2.24, 2.45) is 5.10 Å². The predicted octanol–water partition coefficient (Wildman–Crippen LogP) is 2.98. The Balaban J connectivity index is 1.87. The molecule has 0 saturated heterocycles. The highest BCUT2D eigenvalue weighted by Crippen LogP contribution is 2.26. The van der Waals surface area contributed by atoms with Crippen molar-refractivity contribution in [3.8, 4) is 11.5 Å². The third-order valence-corrected chi connectivity index (χ3v) is 4.59. The predicted molar refractivity (Wildman–Crippen MR) is 116 cm³/mol. The van der Waals surface area contributed by atoms with E-state index < -0.39 is 5.91 Å². The zero-order valence-electron chi connectivity index (χ0n) is 17.2. The molecule has 1 aromatic heterocycles. The largest absolute Gasteiger partial charge is 0.493 e. The van der Waals surface area contributed by atoms with Gasteiger partial charge in [-0.1, -0.05) is 31.5 Å². The standard InChI is InChI=1S/C22H24N4O4/c1-4-5-12-26-22(28)17-9-7-6-8-16(17)20(25-26)21(27)24-23-14-15-10-11-18(29-2)19(13-15)30-3/h6-11,13-14H,4-5,12H2,1-3H3,(H,24,27).